The summed E-state index contributed by atoms with van der Waals surface area (Å²) in [5, 5.41) is 9.65. The van der Waals surface area contributed by atoms with Gasteiger partial charge in [0.2, 0.25) is 0 Å². The zero-order valence-corrected chi connectivity index (χ0v) is 12.8. The number of benzene rings is 1. The van der Waals surface area contributed by atoms with Crippen LogP contribution in [-0.2, 0) is 0 Å². The summed E-state index contributed by atoms with van der Waals surface area (Å²) in [5.41, 5.74) is 7.26. The first-order valence-electron chi connectivity index (χ1n) is 6.82. The minimum atomic E-state index is -0.304. The van der Waals surface area contributed by atoms with Gasteiger partial charge in [-0.1, -0.05) is 26.0 Å². The average Bonchev–Trinajstić information content (AvgIpc) is 2.42. The summed E-state index contributed by atoms with van der Waals surface area (Å²) in [7, 11) is 0. The van der Waals surface area contributed by atoms with Crippen LogP contribution in [0.2, 0.25) is 0 Å². The predicted molar refractivity (Wildman–Crippen MR) is 82.8 cm³/mol. The van der Waals surface area contributed by atoms with Gasteiger partial charge >= 0.3 is 0 Å². The van der Waals surface area contributed by atoms with Gasteiger partial charge in [-0.15, -0.1) is 0 Å². The lowest BCUT2D eigenvalue weighted by Gasteiger charge is -2.18. The molecule has 1 aromatic carbocycles. The average molecular weight is 283 g/mol. The Labute approximate surface area is 120 Å². The Bertz CT molecular complexity index is 354. The number of thioether (sulfide) groups is 1. The van der Waals surface area contributed by atoms with E-state index in [0.29, 0.717) is 0 Å². The molecule has 0 radical (unpaired) electrons. The molecule has 108 valence electrons. The molecule has 0 fully saturated rings. The van der Waals surface area contributed by atoms with Crippen LogP contribution in [0.15, 0.2) is 24.3 Å². The van der Waals surface area contributed by atoms with E-state index in [2.05, 4.69) is 6.92 Å². The highest BCUT2D eigenvalue weighted by Crippen LogP contribution is 2.23. The van der Waals surface area contributed by atoms with Crippen LogP contribution in [0.3, 0.4) is 0 Å². The second kappa shape index (κ2) is 8.46. The second-order valence-corrected chi connectivity index (χ2v) is 6.21. The standard InChI is InChI=1S/C15H25NO2S/c1-4-9-18-14-7-5-13(6-8-14)15(16)10-19-12(3)11(2)17/h5-8,11-12,15,17H,4,9-10,16H2,1-3H3. The molecular weight excluding hydrogens is 258 g/mol. The summed E-state index contributed by atoms with van der Waals surface area (Å²) in [4.78, 5) is 0. The number of aliphatic hydroxyl groups is 1. The summed E-state index contributed by atoms with van der Waals surface area (Å²) in [6, 6.07) is 7.96. The van der Waals surface area contributed by atoms with Gasteiger partial charge in [0.1, 0.15) is 5.75 Å². The molecule has 0 aliphatic rings. The smallest absolute Gasteiger partial charge is 0.119 e. The minimum Gasteiger partial charge on any atom is -0.494 e. The molecule has 0 aromatic heterocycles. The maximum atomic E-state index is 9.44. The Balaban J connectivity index is 2.46. The van der Waals surface area contributed by atoms with Crippen molar-refractivity contribution in [2.75, 3.05) is 12.4 Å². The van der Waals surface area contributed by atoms with Crippen molar-refractivity contribution in [1.82, 2.24) is 0 Å². The fourth-order valence-electron chi connectivity index (χ4n) is 1.52. The molecule has 3 atom stereocenters. The van der Waals surface area contributed by atoms with E-state index in [-0.39, 0.29) is 17.4 Å². The van der Waals surface area contributed by atoms with Gasteiger partial charge in [-0.25, -0.2) is 0 Å². The number of nitrogens with two attached hydrogens (primary N) is 1. The Hall–Kier alpha value is -0.710. The molecule has 0 bridgehead atoms. The maximum absolute atomic E-state index is 9.44. The number of hydrogen-bond donors (Lipinski definition) is 2. The summed E-state index contributed by atoms with van der Waals surface area (Å²) < 4.78 is 5.54. The van der Waals surface area contributed by atoms with Gasteiger partial charge in [0, 0.05) is 17.0 Å². The fourth-order valence-corrected chi connectivity index (χ4v) is 2.50. The van der Waals surface area contributed by atoms with Gasteiger partial charge in [-0.2, -0.15) is 11.8 Å². The largest absolute Gasteiger partial charge is 0.494 e. The molecule has 0 heterocycles. The molecule has 1 rings (SSSR count). The number of ether oxygens (including phenoxy) is 1. The van der Waals surface area contributed by atoms with E-state index in [1.54, 1.807) is 11.8 Å². The second-order valence-electron chi connectivity index (χ2n) is 4.80. The lowest BCUT2D eigenvalue weighted by atomic mass is 10.1. The van der Waals surface area contributed by atoms with Crippen LogP contribution < -0.4 is 10.5 Å². The third-order valence-electron chi connectivity index (χ3n) is 3.00. The Morgan fingerprint density at radius 1 is 1.26 bits per heavy atom. The molecule has 1 aromatic rings. The molecule has 0 aliphatic carbocycles. The zero-order chi connectivity index (χ0) is 14.3. The van der Waals surface area contributed by atoms with Gasteiger partial charge in [-0.05, 0) is 31.0 Å². The van der Waals surface area contributed by atoms with E-state index in [9.17, 15) is 5.11 Å². The van der Waals surface area contributed by atoms with Gasteiger partial charge in [-0.3, -0.25) is 0 Å². The van der Waals surface area contributed by atoms with Crippen LogP contribution >= 0.6 is 11.8 Å². The number of hydrogen-bond acceptors (Lipinski definition) is 4. The molecular formula is C15H25NO2S. The van der Waals surface area contributed by atoms with E-state index in [0.717, 1.165) is 30.1 Å². The molecule has 3 nitrogen and oxygen atoms in total. The van der Waals surface area contributed by atoms with Gasteiger partial charge in [0.05, 0.1) is 12.7 Å². The third-order valence-corrected chi connectivity index (χ3v) is 4.47. The molecule has 19 heavy (non-hydrogen) atoms. The van der Waals surface area contributed by atoms with E-state index in [4.69, 9.17) is 10.5 Å². The van der Waals surface area contributed by atoms with Crippen molar-refractivity contribution >= 4 is 11.8 Å². The first-order valence-corrected chi connectivity index (χ1v) is 7.87. The van der Waals surface area contributed by atoms with Crippen molar-refractivity contribution in [3.8, 4) is 5.75 Å². The van der Waals surface area contributed by atoms with Crippen molar-refractivity contribution in [2.45, 2.75) is 44.6 Å². The van der Waals surface area contributed by atoms with E-state index >= 15 is 0 Å². The van der Waals surface area contributed by atoms with Crippen LogP contribution in [0.5, 0.6) is 5.75 Å². The zero-order valence-electron chi connectivity index (χ0n) is 12.0. The third kappa shape index (κ3) is 5.85. The van der Waals surface area contributed by atoms with E-state index in [1.807, 2.05) is 38.1 Å². The maximum Gasteiger partial charge on any atom is 0.119 e. The SMILES string of the molecule is CCCOc1ccc(C(N)CSC(C)C(C)O)cc1. The molecule has 3 unspecified atom stereocenters. The normalized spacial score (nSPS) is 15.8. The summed E-state index contributed by atoms with van der Waals surface area (Å²) in [5.74, 6) is 1.70. The van der Waals surface area contributed by atoms with Crippen LogP contribution in [0.1, 0.15) is 38.8 Å². The van der Waals surface area contributed by atoms with Crippen molar-refractivity contribution in [3.05, 3.63) is 29.8 Å². The fraction of sp³-hybridized carbons (Fsp3) is 0.600. The Morgan fingerprint density at radius 3 is 2.42 bits per heavy atom. The summed E-state index contributed by atoms with van der Waals surface area (Å²) in [6.45, 7) is 6.66. The molecule has 0 saturated carbocycles. The first kappa shape index (κ1) is 16.3. The molecule has 0 spiro atoms. The molecule has 0 saturated heterocycles. The van der Waals surface area contributed by atoms with Crippen LogP contribution in [0.25, 0.3) is 0 Å². The van der Waals surface area contributed by atoms with Gasteiger partial charge in [0.15, 0.2) is 0 Å². The highest BCUT2D eigenvalue weighted by molar-refractivity contribution is 7.99. The summed E-state index contributed by atoms with van der Waals surface area (Å²) >= 11 is 1.70. The highest BCUT2D eigenvalue weighted by atomic mass is 32.2. The lowest BCUT2D eigenvalue weighted by Crippen LogP contribution is -2.20. The topological polar surface area (TPSA) is 55.5 Å². The van der Waals surface area contributed by atoms with Crippen molar-refractivity contribution < 1.29 is 9.84 Å². The van der Waals surface area contributed by atoms with Crippen LogP contribution in [0.4, 0.5) is 0 Å². The minimum absolute atomic E-state index is 0.00794. The van der Waals surface area contributed by atoms with Crippen molar-refractivity contribution in [1.29, 1.82) is 0 Å². The Morgan fingerprint density at radius 2 is 1.89 bits per heavy atom. The Kier molecular flexibility index (Phi) is 7.28. The van der Waals surface area contributed by atoms with Crippen molar-refractivity contribution in [2.24, 2.45) is 5.73 Å². The quantitative estimate of drug-likeness (QED) is 0.770. The lowest BCUT2D eigenvalue weighted by molar-refractivity contribution is 0.196. The molecule has 3 N–H and O–H groups in total. The molecule has 4 heteroatoms. The van der Waals surface area contributed by atoms with Crippen LogP contribution in [0, 0.1) is 0 Å². The first-order chi connectivity index (χ1) is 9.04. The molecule has 0 amide bonds. The van der Waals surface area contributed by atoms with Crippen molar-refractivity contribution in [3.63, 3.8) is 0 Å². The monoisotopic (exact) mass is 283 g/mol. The summed E-state index contributed by atoms with van der Waals surface area (Å²) in [6.07, 6.45) is 0.705. The number of aliphatic hydroxyl groups excluding tert-OH is 1. The van der Waals surface area contributed by atoms with Gasteiger partial charge < -0.3 is 15.6 Å². The highest BCUT2D eigenvalue weighted by Gasteiger charge is 2.12. The van der Waals surface area contributed by atoms with E-state index in [1.165, 1.54) is 0 Å². The van der Waals surface area contributed by atoms with Gasteiger partial charge in [0.25, 0.3) is 0 Å². The van der Waals surface area contributed by atoms with E-state index < -0.39 is 0 Å². The van der Waals surface area contributed by atoms with Crippen LogP contribution in [-0.4, -0.2) is 28.8 Å². The predicted octanol–water partition coefficient (Wildman–Crippen LogP) is 2.98. The molecule has 0 aliphatic heterocycles. The number of rotatable bonds is 8.